The molecule has 0 bridgehead atoms. The Morgan fingerprint density at radius 2 is 0.948 bits per heavy atom. The van der Waals surface area contributed by atoms with Crippen LogP contribution in [0.2, 0.25) is 0 Å². The summed E-state index contributed by atoms with van der Waals surface area (Å²) in [4.78, 5) is 58.9. The molecule has 0 spiro atoms. The Morgan fingerprint density at radius 3 is 1.33 bits per heavy atom. The lowest BCUT2D eigenvalue weighted by Crippen LogP contribution is -2.65. The molecule has 14 heteroatoms. The molecule has 4 aromatic rings. The second-order valence-corrected chi connectivity index (χ2v) is 16.5. The molecule has 4 rings (SSSR count). The maximum absolute atomic E-state index is 15.0. The Bertz CT molecular complexity index is 1780. The molecule has 310 valence electrons. The Kier molecular flexibility index (Phi) is 18.6. The number of hydrogen-bond donors (Lipinski definition) is 5. The summed E-state index contributed by atoms with van der Waals surface area (Å²) >= 11 is 2.63. The van der Waals surface area contributed by atoms with Crippen molar-refractivity contribution >= 4 is 47.5 Å². The van der Waals surface area contributed by atoms with Gasteiger partial charge in [-0.1, -0.05) is 125 Å². The zero-order valence-corrected chi connectivity index (χ0v) is 34.8. The number of ether oxygens (including phenoxy) is 2. The van der Waals surface area contributed by atoms with Gasteiger partial charge in [-0.3, -0.25) is 14.5 Å². The minimum atomic E-state index is -1.76. The molecule has 58 heavy (non-hydrogen) atoms. The number of amides is 4. The molecule has 0 heterocycles. The number of nitrogens with two attached hydrogens (primary N) is 1. The molecule has 4 aromatic carbocycles. The van der Waals surface area contributed by atoms with Gasteiger partial charge in [-0.25, -0.2) is 9.59 Å². The molecule has 6 atom stereocenters. The summed E-state index contributed by atoms with van der Waals surface area (Å²) in [5, 5.41) is 29.0. The number of rotatable bonds is 20. The first-order valence-corrected chi connectivity index (χ1v) is 21.1. The van der Waals surface area contributed by atoms with Crippen LogP contribution in [0.25, 0.3) is 0 Å². The molecule has 0 aliphatic heterocycles. The third kappa shape index (κ3) is 14.2. The van der Waals surface area contributed by atoms with Crippen LogP contribution in [-0.2, 0) is 32.3 Å². The maximum atomic E-state index is 15.0. The van der Waals surface area contributed by atoms with E-state index in [0.717, 1.165) is 25.8 Å². The summed E-state index contributed by atoms with van der Waals surface area (Å²) < 4.78 is 10.9. The van der Waals surface area contributed by atoms with E-state index < -0.39 is 72.2 Å². The maximum Gasteiger partial charge on any atom is 0.408 e. The summed E-state index contributed by atoms with van der Waals surface area (Å²) in [5.74, 6) is -2.79. The van der Waals surface area contributed by atoms with E-state index in [9.17, 15) is 29.4 Å². The van der Waals surface area contributed by atoms with Crippen LogP contribution in [0.3, 0.4) is 0 Å². The summed E-state index contributed by atoms with van der Waals surface area (Å²) in [6.45, 7) is 6.63. The molecular formula is C44H54N4O8S2. The average molecular weight is 831 g/mol. The number of imide groups is 1. The monoisotopic (exact) mass is 830 g/mol. The van der Waals surface area contributed by atoms with Crippen molar-refractivity contribution in [1.82, 2.24) is 15.5 Å². The molecule has 6 N–H and O–H groups in total. The van der Waals surface area contributed by atoms with Gasteiger partial charge < -0.3 is 36.1 Å². The molecule has 0 fully saturated rings. The normalized spacial score (nSPS) is 14.4. The summed E-state index contributed by atoms with van der Waals surface area (Å²) in [7, 11) is 0. The number of benzene rings is 4. The molecular weight excluding hydrogens is 777 g/mol. The van der Waals surface area contributed by atoms with Crippen molar-refractivity contribution in [1.29, 1.82) is 0 Å². The quantitative estimate of drug-likeness (QED) is 0.0636. The van der Waals surface area contributed by atoms with Gasteiger partial charge >= 0.3 is 12.2 Å². The van der Waals surface area contributed by atoms with Gasteiger partial charge in [0.05, 0.1) is 12.1 Å². The molecule has 0 aliphatic carbocycles. The van der Waals surface area contributed by atoms with Crippen LogP contribution in [0, 0.1) is 11.8 Å². The fraction of sp³-hybridized carbons (Fsp3) is 0.364. The predicted octanol–water partition coefficient (Wildman–Crippen LogP) is 6.25. The number of alkyl carbamates (subject to hydrolysis) is 2. The van der Waals surface area contributed by atoms with Crippen molar-refractivity contribution in [3.63, 3.8) is 0 Å². The highest BCUT2D eigenvalue weighted by molar-refractivity contribution is 7.99. The van der Waals surface area contributed by atoms with Crippen LogP contribution in [-0.4, -0.2) is 87.0 Å². The van der Waals surface area contributed by atoms with E-state index in [1.807, 2.05) is 72.8 Å². The van der Waals surface area contributed by atoms with Crippen LogP contribution in [0.15, 0.2) is 131 Å². The molecule has 0 aliphatic rings. The number of nitrogens with one attached hydrogen (secondary N) is 2. The van der Waals surface area contributed by atoms with Gasteiger partial charge in [0.1, 0.15) is 31.4 Å². The first-order valence-electron chi connectivity index (χ1n) is 19.1. The van der Waals surface area contributed by atoms with E-state index in [1.54, 1.807) is 76.2 Å². The first-order chi connectivity index (χ1) is 27.8. The van der Waals surface area contributed by atoms with Crippen molar-refractivity contribution in [2.45, 2.75) is 87.1 Å². The van der Waals surface area contributed by atoms with Crippen LogP contribution >= 0.6 is 23.5 Å². The number of hydrogen-bond acceptors (Lipinski definition) is 11. The number of carbonyl (C=O) groups excluding carboxylic acids is 4. The van der Waals surface area contributed by atoms with Gasteiger partial charge in [-0.15, -0.1) is 23.5 Å². The second kappa shape index (κ2) is 23.5. The number of thioether (sulfide) groups is 2. The standard InChI is InChI=1S/C44H54N4O8S2/c1-29(2)37(46-43(53)55-25-31-17-9-5-10-18-31)41(51)48(42(52)38(30(3)4)47-44(54)56-26-32-19-11-6-12-20-32)36(28-58-34-23-15-8-16-24-34)40(50)39(49)35(45)27-57-33-21-13-7-14-22-33/h5-24,29-30,35-40,49-50H,25-28,45H2,1-4H3,(H,46,53)(H,47,54)/t35-,36-,37-,38-,39+,40+/m0/s1. The molecule has 12 nitrogen and oxygen atoms in total. The van der Waals surface area contributed by atoms with Crippen molar-refractivity contribution in [2.75, 3.05) is 11.5 Å². The van der Waals surface area contributed by atoms with Gasteiger partial charge in [0, 0.05) is 27.3 Å². The summed E-state index contributed by atoms with van der Waals surface area (Å²) in [6.07, 6.45) is -5.17. The lowest BCUT2D eigenvalue weighted by atomic mass is 9.95. The van der Waals surface area contributed by atoms with Crippen molar-refractivity contribution < 1.29 is 38.9 Å². The Morgan fingerprint density at radius 1 is 0.586 bits per heavy atom. The van der Waals surface area contributed by atoms with E-state index in [-0.39, 0.29) is 24.7 Å². The number of aliphatic hydroxyl groups excluding tert-OH is 2. The average Bonchev–Trinajstić information content (AvgIpc) is 3.24. The Balaban J connectivity index is 1.70. The molecule has 0 saturated carbocycles. The lowest BCUT2D eigenvalue weighted by molar-refractivity contribution is -0.156. The molecule has 0 unspecified atom stereocenters. The number of carbonyl (C=O) groups is 4. The summed E-state index contributed by atoms with van der Waals surface area (Å²) in [5.41, 5.74) is 7.95. The smallest absolute Gasteiger partial charge is 0.408 e. The van der Waals surface area contributed by atoms with E-state index in [0.29, 0.717) is 0 Å². The minimum Gasteiger partial charge on any atom is -0.445 e. The SMILES string of the molecule is CC(C)[C@H](NC(=O)OCc1ccccc1)C(=O)N(C(=O)[C@@H](NC(=O)OCc1ccccc1)C(C)C)[C@@H](CSc1ccccc1)[C@@H](O)[C@H](O)[C@@H](N)CSc1ccccc1. The fourth-order valence-corrected chi connectivity index (χ4v) is 7.85. The fourth-order valence-electron chi connectivity index (χ4n) is 5.86. The van der Waals surface area contributed by atoms with E-state index in [1.165, 1.54) is 23.5 Å². The van der Waals surface area contributed by atoms with Gasteiger partial charge in [-0.2, -0.15) is 0 Å². The van der Waals surface area contributed by atoms with Gasteiger partial charge in [0.15, 0.2) is 0 Å². The largest absolute Gasteiger partial charge is 0.445 e. The third-order valence-corrected chi connectivity index (χ3v) is 11.4. The highest BCUT2D eigenvalue weighted by Crippen LogP contribution is 2.27. The minimum absolute atomic E-state index is 0.0705. The van der Waals surface area contributed by atoms with Crippen LogP contribution in [0.1, 0.15) is 38.8 Å². The Hall–Kier alpha value is -4.86. The van der Waals surface area contributed by atoms with E-state index in [2.05, 4.69) is 10.6 Å². The van der Waals surface area contributed by atoms with Gasteiger partial charge in [0.2, 0.25) is 0 Å². The molecule has 0 saturated heterocycles. The predicted molar refractivity (Wildman–Crippen MR) is 227 cm³/mol. The zero-order valence-electron chi connectivity index (χ0n) is 33.2. The van der Waals surface area contributed by atoms with Crippen molar-refractivity contribution in [3.8, 4) is 0 Å². The van der Waals surface area contributed by atoms with Crippen LogP contribution < -0.4 is 16.4 Å². The van der Waals surface area contributed by atoms with Gasteiger partial charge in [-0.05, 0) is 47.2 Å². The topological polar surface area (TPSA) is 181 Å². The third-order valence-electron chi connectivity index (χ3n) is 9.18. The van der Waals surface area contributed by atoms with Crippen LogP contribution in [0.5, 0.6) is 0 Å². The number of aliphatic hydroxyl groups is 2. The van der Waals surface area contributed by atoms with E-state index in [4.69, 9.17) is 15.2 Å². The Labute approximate surface area is 349 Å². The molecule has 0 aromatic heterocycles. The number of nitrogens with zero attached hydrogens (tertiary/aromatic N) is 1. The molecule has 0 radical (unpaired) electrons. The summed E-state index contributed by atoms with van der Waals surface area (Å²) in [6, 6.07) is 31.5. The lowest BCUT2D eigenvalue weighted by Gasteiger charge is -2.40. The van der Waals surface area contributed by atoms with E-state index >= 15 is 0 Å². The zero-order chi connectivity index (χ0) is 42.0. The highest BCUT2D eigenvalue weighted by atomic mass is 32.2. The van der Waals surface area contributed by atoms with Crippen molar-refractivity contribution in [3.05, 3.63) is 132 Å². The van der Waals surface area contributed by atoms with Gasteiger partial charge in [0.25, 0.3) is 11.8 Å². The van der Waals surface area contributed by atoms with Crippen molar-refractivity contribution in [2.24, 2.45) is 17.6 Å². The second-order valence-electron chi connectivity index (χ2n) is 14.4. The highest BCUT2D eigenvalue weighted by Gasteiger charge is 2.45. The first kappa shape index (κ1) is 45.8. The molecule has 4 amide bonds. The van der Waals surface area contributed by atoms with Crippen LogP contribution in [0.4, 0.5) is 9.59 Å².